The van der Waals surface area contributed by atoms with Gasteiger partial charge >= 0.3 is 7.82 Å². The van der Waals surface area contributed by atoms with Crippen LogP contribution in [0, 0.1) is 6.92 Å². The van der Waals surface area contributed by atoms with Crippen molar-refractivity contribution in [3.8, 4) is 28.2 Å². The van der Waals surface area contributed by atoms with Gasteiger partial charge in [-0.1, -0.05) is 6.07 Å². The Labute approximate surface area is 289 Å². The highest BCUT2D eigenvalue weighted by atomic mass is 32.1. The van der Waals surface area contributed by atoms with E-state index in [0.29, 0.717) is 48.8 Å². The van der Waals surface area contributed by atoms with Crippen LogP contribution in [-0.2, 0) is 18.7 Å². The Morgan fingerprint density at radius 3 is 2.20 bits per heavy atom. The molecule has 262 valence electrons. The van der Waals surface area contributed by atoms with Crippen molar-refractivity contribution in [2.24, 2.45) is 0 Å². The van der Waals surface area contributed by atoms with Crippen LogP contribution in [0.5, 0.6) is 5.75 Å². The Morgan fingerprint density at radius 1 is 0.837 bits per heavy atom. The van der Waals surface area contributed by atoms with Gasteiger partial charge in [-0.05, 0) is 98.8 Å². The van der Waals surface area contributed by atoms with Gasteiger partial charge in [0.05, 0.1) is 6.61 Å². The van der Waals surface area contributed by atoms with Gasteiger partial charge in [-0.2, -0.15) is 0 Å². The molecule has 1 aliphatic carbocycles. The molecule has 0 fully saturated rings. The lowest BCUT2D eigenvalue weighted by molar-refractivity contribution is -0.123. The fraction of sp³-hybridized carbons (Fsp3) is 0.353. The maximum absolute atomic E-state index is 12.0. The number of amides is 2. The number of phosphoric acid groups is 1. The van der Waals surface area contributed by atoms with Crippen LogP contribution in [0.15, 0.2) is 63.8 Å². The maximum atomic E-state index is 12.0. The quantitative estimate of drug-likeness (QED) is 0.0337. The summed E-state index contributed by atoms with van der Waals surface area (Å²) in [6, 6.07) is 15.6. The van der Waals surface area contributed by atoms with E-state index in [-0.39, 0.29) is 42.6 Å². The number of hydrogen-bond acceptors (Lipinski definition) is 8. The molecule has 2 aromatic carbocycles. The predicted octanol–water partition coefficient (Wildman–Crippen LogP) is 4.94. The number of fused-ring (bicyclic) bond motifs is 2. The van der Waals surface area contributed by atoms with Gasteiger partial charge in [0.25, 0.3) is 0 Å². The van der Waals surface area contributed by atoms with Crippen molar-refractivity contribution in [2.45, 2.75) is 51.9 Å². The van der Waals surface area contributed by atoms with Crippen molar-refractivity contribution in [1.82, 2.24) is 16.0 Å². The van der Waals surface area contributed by atoms with Crippen LogP contribution in [-0.4, -0.2) is 58.1 Å². The minimum Gasteiger partial charge on any atom is -0.508 e. The first kappa shape index (κ1) is 37.5. The van der Waals surface area contributed by atoms with Gasteiger partial charge in [0.1, 0.15) is 17.1 Å². The zero-order valence-corrected chi connectivity index (χ0v) is 28.8. The summed E-state index contributed by atoms with van der Waals surface area (Å²) in [5, 5.41) is 23.2. The van der Waals surface area contributed by atoms with Crippen molar-refractivity contribution in [1.29, 1.82) is 0 Å². The molecule has 0 saturated carbocycles. The molecular formula is C34H41N4O9PS. The Hall–Kier alpha value is -4.33. The number of phosphoric ester groups is 1. The van der Waals surface area contributed by atoms with E-state index in [2.05, 4.69) is 25.8 Å². The number of phenolic OH excluding ortho intramolecular Hbond substituents is 1. The maximum Gasteiger partial charge on any atom is 0.469 e. The number of aromatic hydroxyl groups is 1. The second kappa shape index (κ2) is 17.9. The number of carbonyl (C=O) groups is 2. The minimum atomic E-state index is -4.54. The molecule has 0 atom stereocenters. The molecule has 0 bridgehead atoms. The summed E-state index contributed by atoms with van der Waals surface area (Å²) >= 11 is 5.49. The summed E-state index contributed by atoms with van der Waals surface area (Å²) in [7, 11) is -4.54. The fourth-order valence-electron chi connectivity index (χ4n) is 5.31. The standard InChI is InChI=1S/C34H41N4O9PS/c1-22-19-23(9-12-26(22)33-27-13-10-24(39)20-29(27)47-30-21-25(40)11-14-28(30)33)38-34(49)37-16-6-2-5-15-35-31(41)7-3-4-8-32(42)36-17-18-46-48(43,44)45/h9-14,19-21,39H,2-8,15-18H2,1H3,(H,35,41)(H,36,42)(H2,37,38,49)(H2,43,44,45). The molecule has 0 spiro atoms. The van der Waals surface area contributed by atoms with Crippen LogP contribution in [0.3, 0.4) is 0 Å². The van der Waals surface area contributed by atoms with Crippen LogP contribution in [0.25, 0.3) is 33.4 Å². The number of benzene rings is 3. The molecule has 49 heavy (non-hydrogen) atoms. The monoisotopic (exact) mass is 712 g/mol. The molecule has 0 saturated heterocycles. The first-order valence-corrected chi connectivity index (χ1v) is 17.9. The van der Waals surface area contributed by atoms with E-state index in [1.165, 1.54) is 12.1 Å². The number of nitrogens with one attached hydrogen (secondary N) is 4. The number of rotatable bonds is 17. The Balaban J connectivity index is 1.13. The lowest BCUT2D eigenvalue weighted by Gasteiger charge is -2.18. The largest absolute Gasteiger partial charge is 0.508 e. The Morgan fingerprint density at radius 2 is 1.51 bits per heavy atom. The third-order valence-corrected chi connectivity index (χ3v) is 8.40. The van der Waals surface area contributed by atoms with Crippen LogP contribution >= 0.6 is 20.0 Å². The zero-order valence-electron chi connectivity index (χ0n) is 27.1. The van der Waals surface area contributed by atoms with E-state index in [4.69, 9.17) is 26.4 Å². The van der Waals surface area contributed by atoms with Gasteiger partial charge in [0.2, 0.25) is 11.8 Å². The zero-order chi connectivity index (χ0) is 35.4. The van der Waals surface area contributed by atoms with Crippen molar-refractivity contribution in [2.75, 3.05) is 31.6 Å². The second-order valence-corrected chi connectivity index (χ2v) is 13.2. The highest BCUT2D eigenvalue weighted by Gasteiger charge is 2.19. The molecule has 4 rings (SSSR count). The van der Waals surface area contributed by atoms with Crippen molar-refractivity contribution in [3.05, 3.63) is 70.4 Å². The lowest BCUT2D eigenvalue weighted by Crippen LogP contribution is -2.29. The summed E-state index contributed by atoms with van der Waals surface area (Å²) in [5.41, 5.74) is 4.79. The fourth-order valence-corrected chi connectivity index (χ4v) is 5.86. The molecule has 1 aliphatic heterocycles. The van der Waals surface area contributed by atoms with E-state index in [0.717, 1.165) is 52.6 Å². The van der Waals surface area contributed by atoms with E-state index in [1.54, 1.807) is 18.2 Å². The highest BCUT2D eigenvalue weighted by molar-refractivity contribution is 7.80. The molecule has 2 aliphatic rings. The molecule has 0 unspecified atom stereocenters. The number of aryl methyl sites for hydroxylation is 1. The van der Waals surface area contributed by atoms with E-state index in [1.807, 2.05) is 31.2 Å². The first-order valence-electron chi connectivity index (χ1n) is 16.0. The number of hydrogen-bond donors (Lipinski definition) is 7. The van der Waals surface area contributed by atoms with Gasteiger partial charge in [0.15, 0.2) is 10.5 Å². The summed E-state index contributed by atoms with van der Waals surface area (Å²) in [6.45, 7) is 2.95. The number of anilines is 1. The molecule has 1 heterocycles. The van der Waals surface area contributed by atoms with Gasteiger partial charge in [-0.3, -0.25) is 18.9 Å². The number of unbranched alkanes of at least 4 members (excludes halogenated alkanes) is 3. The SMILES string of the molecule is Cc1cc(NC(=S)NCCCCCNC(=O)CCCCC(=O)NCCOP(=O)(O)O)ccc1-c1c2ccc(=O)cc-2oc2cc(O)ccc12. The molecule has 2 aromatic rings. The summed E-state index contributed by atoms with van der Waals surface area (Å²) in [5.74, 6) is 0.182. The summed E-state index contributed by atoms with van der Waals surface area (Å²) < 4.78 is 20.8. The second-order valence-electron chi connectivity index (χ2n) is 11.5. The Bertz CT molecular complexity index is 1860. The van der Waals surface area contributed by atoms with E-state index in [9.17, 15) is 24.1 Å². The predicted molar refractivity (Wildman–Crippen MR) is 192 cm³/mol. The van der Waals surface area contributed by atoms with E-state index < -0.39 is 7.82 Å². The summed E-state index contributed by atoms with van der Waals surface area (Å²) in [4.78, 5) is 53.0. The minimum absolute atomic E-state index is 0.000355. The van der Waals surface area contributed by atoms with Gasteiger partial charge in [0, 0.05) is 66.8 Å². The van der Waals surface area contributed by atoms with Gasteiger partial charge < -0.3 is 40.6 Å². The van der Waals surface area contributed by atoms with E-state index >= 15 is 0 Å². The third kappa shape index (κ3) is 11.9. The number of thiocarbonyl (C=S) groups is 1. The molecule has 0 aromatic heterocycles. The van der Waals surface area contributed by atoms with Crippen molar-refractivity contribution >= 4 is 53.6 Å². The number of carbonyl (C=O) groups excluding carboxylic acids is 2. The smallest absolute Gasteiger partial charge is 0.469 e. The highest BCUT2D eigenvalue weighted by Crippen LogP contribution is 2.42. The molecular weight excluding hydrogens is 671 g/mol. The molecule has 2 amide bonds. The normalized spacial score (nSPS) is 11.4. The van der Waals surface area contributed by atoms with Crippen molar-refractivity contribution < 1.29 is 38.0 Å². The van der Waals surface area contributed by atoms with Crippen LogP contribution in [0.4, 0.5) is 5.69 Å². The molecule has 13 nitrogen and oxygen atoms in total. The van der Waals surface area contributed by atoms with Crippen LogP contribution in [0.2, 0.25) is 0 Å². The first-order chi connectivity index (χ1) is 23.4. The average Bonchev–Trinajstić information content (AvgIpc) is 3.03. The number of phenols is 1. The topological polar surface area (TPSA) is 199 Å². The lowest BCUT2D eigenvalue weighted by atomic mass is 9.91. The average molecular weight is 713 g/mol. The van der Waals surface area contributed by atoms with Crippen LogP contribution in [0.1, 0.15) is 50.5 Å². The van der Waals surface area contributed by atoms with Gasteiger partial charge in [-0.25, -0.2) is 4.57 Å². The molecule has 0 radical (unpaired) electrons. The van der Waals surface area contributed by atoms with Crippen LogP contribution < -0.4 is 26.7 Å². The summed E-state index contributed by atoms with van der Waals surface area (Å²) in [6.07, 6.45) is 4.19. The third-order valence-electron chi connectivity index (χ3n) is 7.63. The Kier molecular flexibility index (Phi) is 13.7. The van der Waals surface area contributed by atoms with Gasteiger partial charge in [-0.15, -0.1) is 0 Å². The molecule has 15 heteroatoms. The molecule has 7 N–H and O–H groups in total. The van der Waals surface area contributed by atoms with Crippen molar-refractivity contribution in [3.63, 3.8) is 0 Å².